The van der Waals surface area contributed by atoms with E-state index in [0.717, 1.165) is 0 Å². The summed E-state index contributed by atoms with van der Waals surface area (Å²) in [5.41, 5.74) is 1.68. The van der Waals surface area contributed by atoms with Crippen LogP contribution in [-0.2, 0) is 0 Å². The largest absolute Gasteiger partial charge is 0.435 e. The number of aldehydes is 1. The van der Waals surface area contributed by atoms with Gasteiger partial charge in [0.2, 0.25) is 0 Å². The molecule has 0 radical (unpaired) electrons. The first-order valence-corrected chi connectivity index (χ1v) is 7.60. The Balaban J connectivity index is 1.86. The summed E-state index contributed by atoms with van der Waals surface area (Å²) in [5, 5.41) is 4.16. The van der Waals surface area contributed by atoms with E-state index in [2.05, 4.69) is 14.6 Å². The van der Waals surface area contributed by atoms with Crippen molar-refractivity contribution in [3.63, 3.8) is 0 Å². The van der Waals surface area contributed by atoms with E-state index in [1.807, 2.05) is 0 Å². The molecular formula is C18H12F4N2O3. The molecule has 0 fully saturated rings. The molecule has 0 bridgehead atoms. The number of halogens is 4. The Hall–Kier alpha value is -3.36. The van der Waals surface area contributed by atoms with Gasteiger partial charge in [-0.1, -0.05) is 6.07 Å². The molecule has 0 aliphatic rings. The van der Waals surface area contributed by atoms with E-state index in [1.165, 1.54) is 47.3 Å². The van der Waals surface area contributed by atoms with Crippen LogP contribution in [0.3, 0.4) is 0 Å². The molecular weight excluding hydrogens is 368 g/mol. The van der Waals surface area contributed by atoms with Crippen molar-refractivity contribution in [3.05, 3.63) is 60.4 Å². The molecule has 140 valence electrons. The van der Waals surface area contributed by atoms with Crippen molar-refractivity contribution < 1.29 is 31.8 Å². The van der Waals surface area contributed by atoms with Crippen LogP contribution in [0.5, 0.6) is 11.5 Å². The van der Waals surface area contributed by atoms with Gasteiger partial charge in [0.1, 0.15) is 11.5 Å². The van der Waals surface area contributed by atoms with Gasteiger partial charge < -0.3 is 9.47 Å². The number of hydrogen-bond donors (Lipinski definition) is 0. The van der Waals surface area contributed by atoms with Crippen LogP contribution >= 0.6 is 0 Å². The van der Waals surface area contributed by atoms with E-state index in [0.29, 0.717) is 23.1 Å². The van der Waals surface area contributed by atoms with Crippen molar-refractivity contribution in [2.75, 3.05) is 0 Å². The summed E-state index contributed by atoms with van der Waals surface area (Å²) < 4.78 is 59.5. The van der Waals surface area contributed by atoms with Crippen LogP contribution in [0.15, 0.2) is 54.9 Å². The van der Waals surface area contributed by atoms with Crippen molar-refractivity contribution in [2.24, 2.45) is 0 Å². The molecule has 0 spiro atoms. The van der Waals surface area contributed by atoms with Crippen LogP contribution in [-0.4, -0.2) is 29.3 Å². The lowest BCUT2D eigenvalue weighted by atomic mass is 10.1. The minimum Gasteiger partial charge on any atom is -0.435 e. The monoisotopic (exact) mass is 380 g/mol. The summed E-state index contributed by atoms with van der Waals surface area (Å²) in [6.45, 7) is -5.97. The third kappa shape index (κ3) is 4.43. The Morgan fingerprint density at radius 1 is 0.926 bits per heavy atom. The maximum absolute atomic E-state index is 12.5. The molecule has 0 saturated carbocycles. The Kier molecular flexibility index (Phi) is 5.39. The van der Waals surface area contributed by atoms with Crippen molar-refractivity contribution in [1.29, 1.82) is 0 Å². The highest BCUT2D eigenvalue weighted by Crippen LogP contribution is 2.28. The SMILES string of the molecule is O=Cc1ccc(-c2cnn(-c3ccc(OC(F)F)cc3)c2)cc1OC(F)F. The summed E-state index contributed by atoms with van der Waals surface area (Å²) in [7, 11) is 0. The van der Waals surface area contributed by atoms with E-state index < -0.39 is 13.2 Å². The van der Waals surface area contributed by atoms with Crippen LogP contribution in [0.2, 0.25) is 0 Å². The van der Waals surface area contributed by atoms with E-state index in [1.54, 1.807) is 12.3 Å². The number of alkyl halides is 4. The molecule has 2 aromatic carbocycles. The molecule has 0 amide bonds. The average Bonchev–Trinajstić information content (AvgIpc) is 3.11. The zero-order valence-corrected chi connectivity index (χ0v) is 13.6. The lowest BCUT2D eigenvalue weighted by Crippen LogP contribution is -2.04. The molecule has 0 unspecified atom stereocenters. The van der Waals surface area contributed by atoms with Gasteiger partial charge in [-0.15, -0.1) is 0 Å². The molecule has 0 saturated heterocycles. The van der Waals surface area contributed by atoms with Gasteiger partial charge in [-0.2, -0.15) is 22.7 Å². The highest BCUT2D eigenvalue weighted by atomic mass is 19.3. The molecule has 0 aliphatic carbocycles. The van der Waals surface area contributed by atoms with Crippen LogP contribution < -0.4 is 9.47 Å². The molecule has 5 nitrogen and oxygen atoms in total. The first-order valence-electron chi connectivity index (χ1n) is 7.60. The van der Waals surface area contributed by atoms with Crippen molar-refractivity contribution >= 4 is 6.29 Å². The average molecular weight is 380 g/mol. The molecule has 0 N–H and O–H groups in total. The highest BCUT2D eigenvalue weighted by Gasteiger charge is 2.12. The quantitative estimate of drug-likeness (QED) is 0.446. The molecule has 9 heteroatoms. The van der Waals surface area contributed by atoms with Crippen LogP contribution in [0.4, 0.5) is 17.6 Å². The molecule has 1 heterocycles. The minimum absolute atomic E-state index is 0.000982. The van der Waals surface area contributed by atoms with Gasteiger partial charge in [0.25, 0.3) is 0 Å². The number of rotatable bonds is 7. The standard InChI is InChI=1S/C18H12F4N2O3/c19-17(20)26-15-5-3-14(4-6-15)24-9-13(8-23-24)11-1-2-12(10-25)16(7-11)27-18(21)22/h1-10,17-18H. The summed E-state index contributed by atoms with van der Waals surface area (Å²) in [6.07, 6.45) is 3.53. The van der Waals surface area contributed by atoms with Gasteiger partial charge in [-0.05, 0) is 42.0 Å². The van der Waals surface area contributed by atoms with Crippen LogP contribution in [0.25, 0.3) is 16.8 Å². The van der Waals surface area contributed by atoms with Gasteiger partial charge in [-0.25, -0.2) is 4.68 Å². The number of nitrogens with zero attached hydrogens (tertiary/aromatic N) is 2. The normalized spacial score (nSPS) is 11.0. The van der Waals surface area contributed by atoms with Crippen molar-refractivity contribution in [2.45, 2.75) is 13.2 Å². The summed E-state index contributed by atoms with van der Waals surface area (Å²) in [4.78, 5) is 10.9. The molecule has 0 aliphatic heterocycles. The predicted octanol–water partition coefficient (Wildman–Crippen LogP) is 4.55. The zero-order valence-electron chi connectivity index (χ0n) is 13.6. The first-order chi connectivity index (χ1) is 13.0. The number of aromatic nitrogens is 2. The maximum atomic E-state index is 12.5. The number of carbonyl (C=O) groups is 1. The Morgan fingerprint density at radius 2 is 1.63 bits per heavy atom. The summed E-state index contributed by atoms with van der Waals surface area (Å²) in [5.74, 6) is -0.224. The van der Waals surface area contributed by atoms with Gasteiger partial charge in [0, 0.05) is 11.8 Å². The first kappa shape index (κ1) is 18.4. The third-order valence-electron chi connectivity index (χ3n) is 3.60. The van der Waals surface area contributed by atoms with E-state index in [4.69, 9.17) is 0 Å². The van der Waals surface area contributed by atoms with Gasteiger partial charge >= 0.3 is 13.2 Å². The smallest absolute Gasteiger partial charge is 0.387 e. The Bertz CT molecular complexity index is 927. The lowest BCUT2D eigenvalue weighted by Gasteiger charge is -2.08. The van der Waals surface area contributed by atoms with E-state index in [9.17, 15) is 22.4 Å². The Morgan fingerprint density at radius 3 is 2.26 bits per heavy atom. The third-order valence-corrected chi connectivity index (χ3v) is 3.60. The topological polar surface area (TPSA) is 53.4 Å². The fourth-order valence-corrected chi connectivity index (χ4v) is 2.40. The molecule has 27 heavy (non-hydrogen) atoms. The molecule has 3 aromatic rings. The number of hydrogen-bond acceptors (Lipinski definition) is 4. The lowest BCUT2D eigenvalue weighted by molar-refractivity contribution is -0.0506. The fraction of sp³-hybridized carbons (Fsp3) is 0.111. The van der Waals surface area contributed by atoms with E-state index in [-0.39, 0.29) is 17.1 Å². The minimum atomic E-state index is -3.06. The second kappa shape index (κ2) is 7.90. The van der Waals surface area contributed by atoms with Gasteiger partial charge in [0.15, 0.2) is 6.29 Å². The second-order valence-corrected chi connectivity index (χ2v) is 5.29. The van der Waals surface area contributed by atoms with E-state index >= 15 is 0 Å². The highest BCUT2D eigenvalue weighted by molar-refractivity contribution is 5.81. The van der Waals surface area contributed by atoms with Crippen molar-refractivity contribution in [3.8, 4) is 28.3 Å². The van der Waals surface area contributed by atoms with Gasteiger partial charge in [0.05, 0.1) is 17.4 Å². The van der Waals surface area contributed by atoms with Crippen LogP contribution in [0, 0.1) is 0 Å². The van der Waals surface area contributed by atoms with Crippen molar-refractivity contribution in [1.82, 2.24) is 9.78 Å². The predicted molar refractivity (Wildman–Crippen MR) is 87.7 cm³/mol. The maximum Gasteiger partial charge on any atom is 0.387 e. The fourth-order valence-electron chi connectivity index (χ4n) is 2.40. The van der Waals surface area contributed by atoms with Gasteiger partial charge in [-0.3, -0.25) is 4.79 Å². The Labute approximate surface area is 150 Å². The molecule has 0 atom stereocenters. The molecule has 1 aromatic heterocycles. The summed E-state index contributed by atoms with van der Waals surface area (Å²) >= 11 is 0. The number of carbonyl (C=O) groups excluding carboxylic acids is 1. The van der Waals surface area contributed by atoms with Crippen LogP contribution in [0.1, 0.15) is 10.4 Å². The number of benzene rings is 2. The second-order valence-electron chi connectivity index (χ2n) is 5.29. The molecule has 3 rings (SSSR count). The zero-order chi connectivity index (χ0) is 19.4. The summed E-state index contributed by atoms with van der Waals surface area (Å²) in [6, 6.07) is 10.1. The number of ether oxygens (including phenoxy) is 2.